The van der Waals surface area contributed by atoms with Crippen molar-refractivity contribution >= 4 is 32.9 Å². The van der Waals surface area contributed by atoms with Crippen molar-refractivity contribution in [2.45, 2.75) is 6.18 Å². The smallest absolute Gasteiger partial charge is 0.251 e. The molecule has 1 aromatic rings. The van der Waals surface area contributed by atoms with E-state index in [2.05, 4.69) is 20.9 Å². The van der Waals surface area contributed by atoms with Gasteiger partial charge in [0.25, 0.3) is 0 Å². The first-order valence-electron chi connectivity index (χ1n) is 2.69. The Balaban J connectivity index is 0.00000121. The van der Waals surface area contributed by atoms with E-state index in [1.807, 2.05) is 0 Å². The van der Waals surface area contributed by atoms with Gasteiger partial charge in [-0.25, -0.2) is 0 Å². The summed E-state index contributed by atoms with van der Waals surface area (Å²) in [4.78, 5) is 3.18. The normalized spacial score (nSPS) is 10.7. The van der Waals surface area contributed by atoms with Gasteiger partial charge in [-0.05, 0) is 28.1 Å². The zero-order chi connectivity index (χ0) is 8.48. The van der Waals surface area contributed by atoms with Gasteiger partial charge in [-0.1, -0.05) is 0 Å². The Labute approximate surface area is 85.9 Å². The minimum absolute atomic E-state index is 0. The number of hydrogen-bond donors (Lipinski definition) is 0. The molecule has 0 saturated heterocycles. The Morgan fingerprint density at radius 3 is 2.25 bits per heavy atom. The van der Waals surface area contributed by atoms with Gasteiger partial charge in [0.05, 0.1) is 0 Å². The molecule has 68 valence electrons. The topological polar surface area (TPSA) is 12.9 Å². The van der Waals surface area contributed by atoms with Crippen LogP contribution in [-0.2, 0) is 6.18 Å². The second kappa shape index (κ2) is 4.23. The Kier molecular flexibility index (Phi) is 4.19. The molecule has 0 aliphatic carbocycles. The lowest BCUT2D eigenvalue weighted by molar-refractivity contribution is -0.141. The molecule has 0 unspecified atom stereocenters. The summed E-state index contributed by atoms with van der Waals surface area (Å²) in [6, 6.07) is 2.73. The lowest BCUT2D eigenvalue weighted by Gasteiger charge is -2.05. The number of halogens is 5. The largest absolute Gasteiger partial charge is 0.434 e. The molecule has 0 atom stereocenters. The van der Waals surface area contributed by atoms with E-state index in [1.54, 1.807) is 0 Å². The molecular weight excluding hydrogens is 303 g/mol. The molecular formula is C6H4Br2F3N. The van der Waals surface area contributed by atoms with E-state index in [-0.39, 0.29) is 21.5 Å². The van der Waals surface area contributed by atoms with Gasteiger partial charge < -0.3 is 0 Å². The molecule has 12 heavy (non-hydrogen) atoms. The van der Waals surface area contributed by atoms with Crippen LogP contribution in [0.3, 0.4) is 0 Å². The van der Waals surface area contributed by atoms with Gasteiger partial charge in [0.1, 0.15) is 0 Å². The second-order valence-corrected chi connectivity index (χ2v) is 2.69. The van der Waals surface area contributed by atoms with E-state index in [1.165, 1.54) is 12.1 Å². The molecule has 0 N–H and O–H groups in total. The number of aromatic nitrogens is 1. The van der Waals surface area contributed by atoms with Gasteiger partial charge in [-0.15, -0.1) is 17.0 Å². The summed E-state index contributed by atoms with van der Waals surface area (Å²) in [6.45, 7) is 0. The average molecular weight is 307 g/mol. The van der Waals surface area contributed by atoms with E-state index >= 15 is 0 Å². The summed E-state index contributed by atoms with van der Waals surface area (Å²) >= 11 is 2.75. The van der Waals surface area contributed by atoms with E-state index in [0.717, 1.165) is 6.20 Å². The third-order valence-electron chi connectivity index (χ3n) is 1.03. The van der Waals surface area contributed by atoms with Crippen LogP contribution in [0.25, 0.3) is 0 Å². The summed E-state index contributed by atoms with van der Waals surface area (Å²) < 4.78 is 35.8. The lowest BCUT2D eigenvalue weighted by Crippen LogP contribution is -2.08. The zero-order valence-corrected chi connectivity index (χ0v) is 8.90. The molecule has 0 bridgehead atoms. The third-order valence-corrected chi connectivity index (χ3v) is 1.67. The van der Waals surface area contributed by atoms with Gasteiger partial charge in [-0.3, -0.25) is 4.98 Å². The first-order chi connectivity index (χ1) is 5.02. The molecule has 0 amide bonds. The monoisotopic (exact) mass is 305 g/mol. The number of nitrogens with zero attached hydrogens (tertiary/aromatic N) is 1. The highest BCUT2D eigenvalue weighted by Gasteiger charge is 2.34. The predicted molar refractivity (Wildman–Crippen MR) is 47.3 cm³/mol. The molecule has 0 spiro atoms. The minimum atomic E-state index is -4.37. The van der Waals surface area contributed by atoms with Crippen molar-refractivity contribution in [1.82, 2.24) is 4.98 Å². The van der Waals surface area contributed by atoms with Crippen LogP contribution in [0.1, 0.15) is 5.69 Å². The van der Waals surface area contributed by atoms with Crippen molar-refractivity contribution in [1.29, 1.82) is 0 Å². The lowest BCUT2D eigenvalue weighted by atomic mass is 10.3. The molecule has 0 radical (unpaired) electrons. The minimum Gasteiger partial charge on any atom is -0.251 e. The van der Waals surface area contributed by atoms with Gasteiger partial charge in [0.15, 0.2) is 5.69 Å². The van der Waals surface area contributed by atoms with Crippen LogP contribution in [0.4, 0.5) is 13.2 Å². The zero-order valence-electron chi connectivity index (χ0n) is 5.60. The van der Waals surface area contributed by atoms with E-state index in [9.17, 15) is 13.2 Å². The van der Waals surface area contributed by atoms with E-state index in [0.29, 0.717) is 0 Å². The second-order valence-electron chi connectivity index (χ2n) is 1.83. The van der Waals surface area contributed by atoms with Crippen molar-refractivity contribution in [2.75, 3.05) is 0 Å². The first-order valence-corrected chi connectivity index (χ1v) is 3.49. The Morgan fingerprint density at radius 2 is 1.92 bits per heavy atom. The standard InChI is InChI=1S/C6H3BrF3N.BrH/c7-4-2-1-3-11-5(4)6(8,9)10;/h1-3H;1H. The van der Waals surface area contributed by atoms with Crippen molar-refractivity contribution < 1.29 is 13.2 Å². The molecule has 1 heterocycles. The molecule has 1 nitrogen and oxygen atoms in total. The third kappa shape index (κ3) is 2.75. The fourth-order valence-corrected chi connectivity index (χ4v) is 1.07. The fraction of sp³-hybridized carbons (Fsp3) is 0.167. The number of pyridine rings is 1. The summed E-state index contributed by atoms with van der Waals surface area (Å²) in [5, 5.41) is 0. The quantitative estimate of drug-likeness (QED) is 0.715. The molecule has 0 saturated carbocycles. The summed E-state index contributed by atoms with van der Waals surface area (Å²) in [7, 11) is 0. The van der Waals surface area contributed by atoms with Gasteiger partial charge in [0.2, 0.25) is 0 Å². The maximum absolute atomic E-state index is 12.0. The summed E-state index contributed by atoms with van der Waals surface area (Å²) in [5.74, 6) is 0. The molecule has 0 aliphatic heterocycles. The van der Waals surface area contributed by atoms with Crippen LogP contribution in [-0.4, -0.2) is 4.98 Å². The Bertz CT molecular complexity index is 261. The number of rotatable bonds is 0. The molecule has 0 aromatic carbocycles. The van der Waals surface area contributed by atoms with Crippen LogP contribution in [0.15, 0.2) is 22.8 Å². The average Bonchev–Trinajstić information content (AvgIpc) is 1.86. The molecule has 6 heteroatoms. The van der Waals surface area contributed by atoms with Crippen LogP contribution in [0.5, 0.6) is 0 Å². The fourth-order valence-electron chi connectivity index (χ4n) is 0.594. The van der Waals surface area contributed by atoms with Crippen LogP contribution < -0.4 is 0 Å². The highest BCUT2D eigenvalue weighted by atomic mass is 79.9. The van der Waals surface area contributed by atoms with Crippen molar-refractivity contribution in [3.05, 3.63) is 28.5 Å². The van der Waals surface area contributed by atoms with Gasteiger partial charge in [-0.2, -0.15) is 13.2 Å². The molecule has 0 fully saturated rings. The van der Waals surface area contributed by atoms with Crippen molar-refractivity contribution in [3.8, 4) is 0 Å². The van der Waals surface area contributed by atoms with E-state index in [4.69, 9.17) is 0 Å². The van der Waals surface area contributed by atoms with Crippen LogP contribution in [0.2, 0.25) is 0 Å². The summed E-state index contributed by atoms with van der Waals surface area (Å²) in [6.07, 6.45) is -3.27. The van der Waals surface area contributed by atoms with Gasteiger partial charge in [0, 0.05) is 10.7 Å². The highest BCUT2D eigenvalue weighted by molar-refractivity contribution is 9.10. The summed E-state index contributed by atoms with van der Waals surface area (Å²) in [5.41, 5.74) is -0.889. The number of alkyl halides is 3. The van der Waals surface area contributed by atoms with Crippen LogP contribution >= 0.6 is 32.9 Å². The molecule has 1 rings (SSSR count). The predicted octanol–water partition coefficient (Wildman–Crippen LogP) is 3.44. The maximum atomic E-state index is 12.0. The van der Waals surface area contributed by atoms with Crippen molar-refractivity contribution in [2.24, 2.45) is 0 Å². The Hall–Kier alpha value is -0.100. The highest BCUT2D eigenvalue weighted by Crippen LogP contribution is 2.32. The SMILES string of the molecule is Br.FC(F)(F)c1ncccc1Br. The van der Waals surface area contributed by atoms with Gasteiger partial charge >= 0.3 is 6.18 Å². The molecule has 0 aliphatic rings. The van der Waals surface area contributed by atoms with E-state index < -0.39 is 11.9 Å². The number of hydrogen-bond acceptors (Lipinski definition) is 1. The molecule has 1 aromatic heterocycles. The van der Waals surface area contributed by atoms with Crippen LogP contribution in [0, 0.1) is 0 Å². The first kappa shape index (κ1) is 11.9. The Morgan fingerprint density at radius 1 is 1.33 bits per heavy atom. The van der Waals surface area contributed by atoms with Crippen molar-refractivity contribution in [3.63, 3.8) is 0 Å². The maximum Gasteiger partial charge on any atom is 0.434 e.